The lowest BCUT2D eigenvalue weighted by atomic mass is 9.66. The van der Waals surface area contributed by atoms with Crippen LogP contribution in [-0.2, 0) is 14.4 Å². The Balaban J connectivity index is 1.68. The van der Waals surface area contributed by atoms with E-state index in [4.69, 9.17) is 0 Å². The Morgan fingerprint density at radius 3 is 2.44 bits per heavy atom. The lowest BCUT2D eigenvalue weighted by Gasteiger charge is -2.39. The number of aliphatic hydroxyl groups excluding tert-OH is 1. The summed E-state index contributed by atoms with van der Waals surface area (Å²) in [7, 11) is 1.59. The van der Waals surface area contributed by atoms with E-state index in [0.29, 0.717) is 5.69 Å². The molecule has 0 aromatic heterocycles. The maximum Gasteiger partial charge on any atom is 0.248 e. The molecule has 1 spiro atoms. The fraction of sp³-hybridized carbons (Fsp3) is 0.640. The zero-order valence-electron chi connectivity index (χ0n) is 20.6. The average Bonchev–Trinajstić information content (AvgIpc) is 3.43. The van der Waals surface area contributed by atoms with Crippen LogP contribution in [0.1, 0.15) is 34.1 Å². The van der Waals surface area contributed by atoms with Gasteiger partial charge in [-0.15, -0.1) is 11.8 Å². The molecule has 3 N–H and O–H groups in total. The van der Waals surface area contributed by atoms with Crippen molar-refractivity contribution < 1.29 is 19.5 Å². The molecule has 4 rings (SSSR count). The molecule has 3 fully saturated rings. The minimum atomic E-state index is -0.755. The highest BCUT2D eigenvalue weighted by molar-refractivity contribution is 8.02. The first-order valence-corrected chi connectivity index (χ1v) is 13.1. The van der Waals surface area contributed by atoms with Crippen molar-refractivity contribution >= 4 is 40.9 Å². The van der Waals surface area contributed by atoms with Gasteiger partial charge in [0, 0.05) is 36.8 Å². The van der Waals surface area contributed by atoms with Gasteiger partial charge in [-0.05, 0) is 57.4 Å². The van der Waals surface area contributed by atoms with E-state index in [-0.39, 0.29) is 35.5 Å². The Morgan fingerprint density at radius 1 is 1.24 bits per heavy atom. The predicted molar refractivity (Wildman–Crippen MR) is 135 cm³/mol. The number of hydrogen-bond donors (Lipinski definition) is 3. The minimum Gasteiger partial charge on any atom is -0.394 e. The number of amides is 3. The van der Waals surface area contributed by atoms with Crippen molar-refractivity contribution in [3.05, 3.63) is 24.3 Å². The summed E-state index contributed by atoms with van der Waals surface area (Å²) in [6.45, 7) is 9.59. The zero-order chi connectivity index (χ0) is 24.8. The summed E-state index contributed by atoms with van der Waals surface area (Å²) >= 11 is 1.63. The van der Waals surface area contributed by atoms with E-state index in [0.717, 1.165) is 25.2 Å². The van der Waals surface area contributed by atoms with Gasteiger partial charge in [-0.1, -0.05) is 6.92 Å². The summed E-state index contributed by atoms with van der Waals surface area (Å²) in [4.78, 5) is 44.1. The SMILES string of the molecule is CCN(CC)c1ccc(NC(=O)C2N([C@H](C)CO)C(=O)[C@@H]3[C@@H](C(=O)NC)[C@H]4CC(C)C23S4)cc1. The summed E-state index contributed by atoms with van der Waals surface area (Å²) < 4.78 is -0.687. The van der Waals surface area contributed by atoms with Gasteiger partial charge < -0.3 is 25.5 Å². The molecule has 8 nitrogen and oxygen atoms in total. The van der Waals surface area contributed by atoms with Crippen molar-refractivity contribution in [2.45, 2.75) is 56.2 Å². The van der Waals surface area contributed by atoms with Crippen LogP contribution >= 0.6 is 11.8 Å². The van der Waals surface area contributed by atoms with Gasteiger partial charge in [0.2, 0.25) is 17.7 Å². The van der Waals surface area contributed by atoms with Crippen LogP contribution in [0.4, 0.5) is 11.4 Å². The normalized spacial score (nSPS) is 32.5. The lowest BCUT2D eigenvalue weighted by Crippen LogP contribution is -2.56. The number of carbonyl (C=O) groups excluding carboxylic acids is 3. The zero-order valence-corrected chi connectivity index (χ0v) is 21.4. The number of nitrogens with one attached hydrogen (secondary N) is 2. The van der Waals surface area contributed by atoms with E-state index in [1.165, 1.54) is 0 Å². The first-order valence-electron chi connectivity index (χ1n) is 12.2. The molecule has 1 aromatic carbocycles. The molecule has 0 aliphatic carbocycles. The number of benzene rings is 1. The van der Waals surface area contributed by atoms with Gasteiger partial charge >= 0.3 is 0 Å². The number of hydrogen-bond acceptors (Lipinski definition) is 6. The van der Waals surface area contributed by atoms with Gasteiger partial charge in [0.05, 0.1) is 29.2 Å². The van der Waals surface area contributed by atoms with Gasteiger partial charge in [0.15, 0.2) is 0 Å². The van der Waals surface area contributed by atoms with Crippen molar-refractivity contribution in [3.8, 4) is 0 Å². The predicted octanol–water partition coefficient (Wildman–Crippen LogP) is 1.94. The average molecular weight is 489 g/mol. The van der Waals surface area contributed by atoms with E-state index < -0.39 is 28.7 Å². The number of anilines is 2. The Morgan fingerprint density at radius 2 is 1.88 bits per heavy atom. The van der Waals surface area contributed by atoms with Gasteiger partial charge in [-0.2, -0.15) is 0 Å². The molecule has 3 aliphatic heterocycles. The van der Waals surface area contributed by atoms with Crippen LogP contribution < -0.4 is 15.5 Å². The fourth-order valence-electron chi connectivity index (χ4n) is 6.34. The molecule has 9 heteroatoms. The van der Waals surface area contributed by atoms with Crippen LogP contribution in [0.2, 0.25) is 0 Å². The number of nitrogens with zero attached hydrogens (tertiary/aromatic N) is 2. The molecule has 3 unspecified atom stereocenters. The van der Waals surface area contributed by atoms with E-state index in [1.54, 1.807) is 30.6 Å². The maximum atomic E-state index is 13.8. The highest BCUT2D eigenvalue weighted by Gasteiger charge is 2.76. The molecule has 1 aromatic rings. The monoisotopic (exact) mass is 488 g/mol. The fourth-order valence-corrected chi connectivity index (χ4v) is 8.75. The molecule has 3 aliphatic rings. The molecule has 3 amide bonds. The summed E-state index contributed by atoms with van der Waals surface area (Å²) in [5.74, 6) is -1.54. The third-order valence-corrected chi connectivity index (χ3v) is 10.1. The van der Waals surface area contributed by atoms with Crippen molar-refractivity contribution in [2.24, 2.45) is 17.8 Å². The molecule has 2 bridgehead atoms. The van der Waals surface area contributed by atoms with Crippen LogP contribution in [-0.4, -0.2) is 76.6 Å². The Bertz CT molecular complexity index is 953. The summed E-state index contributed by atoms with van der Waals surface area (Å²) in [6.07, 6.45) is 0.788. The third kappa shape index (κ3) is 3.59. The van der Waals surface area contributed by atoms with E-state index in [2.05, 4.69) is 36.3 Å². The number of likely N-dealkylation sites (tertiary alicyclic amines) is 1. The lowest BCUT2D eigenvalue weighted by molar-refractivity contribution is -0.141. The van der Waals surface area contributed by atoms with E-state index in [9.17, 15) is 19.5 Å². The van der Waals surface area contributed by atoms with Gasteiger partial charge in [-0.3, -0.25) is 14.4 Å². The molecule has 186 valence electrons. The second kappa shape index (κ2) is 9.41. The molecular formula is C25H36N4O4S. The van der Waals surface area contributed by atoms with Crippen LogP contribution in [0, 0.1) is 17.8 Å². The number of aliphatic hydroxyl groups is 1. The molecule has 34 heavy (non-hydrogen) atoms. The summed E-state index contributed by atoms with van der Waals surface area (Å²) in [5.41, 5.74) is 1.75. The minimum absolute atomic E-state index is 0.0131. The van der Waals surface area contributed by atoms with Crippen molar-refractivity contribution in [1.29, 1.82) is 0 Å². The summed E-state index contributed by atoms with van der Waals surface area (Å²) in [5, 5.41) is 15.7. The third-order valence-electron chi connectivity index (χ3n) is 7.98. The largest absolute Gasteiger partial charge is 0.394 e. The molecule has 0 saturated carbocycles. The van der Waals surface area contributed by atoms with Crippen LogP contribution in [0.3, 0.4) is 0 Å². The van der Waals surface area contributed by atoms with Crippen LogP contribution in [0.5, 0.6) is 0 Å². The van der Waals surface area contributed by atoms with Crippen LogP contribution in [0.15, 0.2) is 24.3 Å². The molecule has 0 radical (unpaired) electrons. The Hall–Kier alpha value is -2.26. The van der Waals surface area contributed by atoms with Gasteiger partial charge in [0.25, 0.3) is 0 Å². The van der Waals surface area contributed by atoms with Crippen LogP contribution in [0.25, 0.3) is 0 Å². The first kappa shape index (κ1) is 24.9. The summed E-state index contributed by atoms with van der Waals surface area (Å²) in [6, 6.07) is 6.45. The highest BCUT2D eigenvalue weighted by atomic mass is 32.2. The Labute approximate surface area is 205 Å². The highest BCUT2D eigenvalue weighted by Crippen LogP contribution is 2.68. The molecule has 3 saturated heterocycles. The topological polar surface area (TPSA) is 102 Å². The van der Waals surface area contributed by atoms with Gasteiger partial charge in [0.1, 0.15) is 6.04 Å². The smallest absolute Gasteiger partial charge is 0.248 e. The first-order chi connectivity index (χ1) is 16.2. The Kier molecular flexibility index (Phi) is 6.88. The van der Waals surface area contributed by atoms with E-state index in [1.807, 2.05) is 24.3 Å². The number of carbonyl (C=O) groups is 3. The van der Waals surface area contributed by atoms with Crippen molar-refractivity contribution in [2.75, 3.05) is 37.0 Å². The molecule has 7 atom stereocenters. The quantitative estimate of drug-likeness (QED) is 0.517. The number of rotatable bonds is 8. The second-order valence-corrected chi connectivity index (χ2v) is 11.2. The maximum absolute atomic E-state index is 13.8. The van der Waals surface area contributed by atoms with Gasteiger partial charge in [-0.25, -0.2) is 0 Å². The van der Waals surface area contributed by atoms with Crippen molar-refractivity contribution in [1.82, 2.24) is 10.2 Å². The second-order valence-electron chi connectivity index (χ2n) is 9.65. The number of fused-ring (bicyclic) bond motifs is 1. The van der Waals surface area contributed by atoms with Crippen molar-refractivity contribution in [3.63, 3.8) is 0 Å². The number of thioether (sulfide) groups is 1. The molecule has 3 heterocycles. The van der Waals surface area contributed by atoms with E-state index >= 15 is 0 Å². The standard InChI is InChI=1S/C25H36N4O4S/c1-6-28(7-2)17-10-8-16(9-11-17)27-23(32)21-25-14(3)12-18(34-25)19(22(31)26-5)20(25)24(33)29(21)15(4)13-30/h8-11,14-15,18-21,30H,6-7,12-13H2,1-5H3,(H,26,31)(H,27,32)/t14?,15-,18-,19+,20+,21?,25?/m1/s1. The molecular weight excluding hydrogens is 452 g/mol.